The lowest BCUT2D eigenvalue weighted by molar-refractivity contribution is 0.0732. The molecule has 184 valence electrons. The van der Waals surface area contributed by atoms with E-state index in [1.807, 2.05) is 30.7 Å². The van der Waals surface area contributed by atoms with Gasteiger partial charge in [-0.15, -0.1) is 0 Å². The summed E-state index contributed by atoms with van der Waals surface area (Å²) in [4.78, 5) is 13.7. The molecular weight excluding hydrogens is 454 g/mol. The molecule has 1 aromatic heterocycles. The second kappa shape index (κ2) is 8.51. The van der Waals surface area contributed by atoms with Crippen LogP contribution in [-0.2, 0) is 6.54 Å². The van der Waals surface area contributed by atoms with Crippen molar-refractivity contribution in [3.8, 4) is 11.3 Å². The van der Waals surface area contributed by atoms with Crippen LogP contribution in [0.1, 0.15) is 72.8 Å². The average molecular weight is 490 g/mol. The van der Waals surface area contributed by atoms with E-state index in [1.54, 1.807) is 0 Å². The predicted octanol–water partition coefficient (Wildman–Crippen LogP) is 7.12. The molecule has 0 saturated heterocycles. The molecule has 0 spiro atoms. The third-order valence-electron chi connectivity index (χ3n) is 8.83. The number of amides is 1. The van der Waals surface area contributed by atoms with E-state index in [-0.39, 0.29) is 22.8 Å². The van der Waals surface area contributed by atoms with Crippen LogP contribution in [0.25, 0.3) is 11.3 Å². The second-order valence-electron chi connectivity index (χ2n) is 11.8. The summed E-state index contributed by atoms with van der Waals surface area (Å²) in [6.07, 6.45) is 3.64. The first-order chi connectivity index (χ1) is 16.5. The standard InChI is InChI=1S/C30H36ClN3O/c1-18-7-9-21(10-8-18)17-34-26(22-11-12-24(31)19(2)15-22)20(3)25(33-34)27(35)32-28-29(4,5)23-13-14-30(28,6)16-23/h7-12,15,23,28H,13-14,16-17H2,1-6H3,(H,32,35)/t23-,28?,30?/m1/s1. The van der Waals surface area contributed by atoms with Crippen LogP contribution in [0.5, 0.6) is 0 Å². The van der Waals surface area contributed by atoms with Crippen molar-refractivity contribution in [2.45, 2.75) is 73.4 Å². The first-order valence-electron chi connectivity index (χ1n) is 12.7. The highest BCUT2D eigenvalue weighted by Crippen LogP contribution is 2.62. The van der Waals surface area contributed by atoms with Crippen molar-refractivity contribution in [2.75, 3.05) is 0 Å². The van der Waals surface area contributed by atoms with Crippen LogP contribution in [0.4, 0.5) is 0 Å². The van der Waals surface area contributed by atoms with Crippen molar-refractivity contribution in [2.24, 2.45) is 16.7 Å². The minimum atomic E-state index is -0.0658. The molecule has 1 amide bonds. The average Bonchev–Trinajstić information content (AvgIpc) is 3.41. The molecule has 2 saturated carbocycles. The van der Waals surface area contributed by atoms with E-state index < -0.39 is 0 Å². The summed E-state index contributed by atoms with van der Waals surface area (Å²) in [5.74, 6) is 0.606. The Labute approximate surface area is 214 Å². The SMILES string of the molecule is Cc1ccc(Cn2nc(C(=O)NC3C4(C)CC[C@H](C4)C3(C)C)c(C)c2-c2ccc(Cl)c(C)c2)cc1. The normalized spacial score (nSPS) is 24.7. The molecule has 35 heavy (non-hydrogen) atoms. The van der Waals surface area contributed by atoms with Crippen molar-refractivity contribution in [3.63, 3.8) is 0 Å². The molecule has 4 nitrogen and oxygen atoms in total. The quantitative estimate of drug-likeness (QED) is 0.414. The van der Waals surface area contributed by atoms with Crippen LogP contribution >= 0.6 is 11.6 Å². The molecule has 2 aromatic carbocycles. The third kappa shape index (κ3) is 4.10. The van der Waals surface area contributed by atoms with Gasteiger partial charge in [-0.1, -0.05) is 68.3 Å². The van der Waals surface area contributed by atoms with Gasteiger partial charge in [-0.3, -0.25) is 9.48 Å². The van der Waals surface area contributed by atoms with Gasteiger partial charge in [0.2, 0.25) is 0 Å². The number of carbonyl (C=O) groups excluding carboxylic acids is 1. The first-order valence-corrected chi connectivity index (χ1v) is 13.1. The van der Waals surface area contributed by atoms with Gasteiger partial charge in [0.25, 0.3) is 5.91 Å². The Hall–Kier alpha value is -2.59. The fourth-order valence-electron chi connectivity index (χ4n) is 6.77. The van der Waals surface area contributed by atoms with Crippen molar-refractivity contribution < 1.29 is 4.79 Å². The highest BCUT2D eigenvalue weighted by Gasteiger charge is 2.59. The van der Waals surface area contributed by atoms with Gasteiger partial charge < -0.3 is 5.32 Å². The van der Waals surface area contributed by atoms with E-state index in [2.05, 4.69) is 63.3 Å². The molecule has 1 heterocycles. The number of fused-ring (bicyclic) bond motifs is 2. The number of halogens is 1. The lowest BCUT2D eigenvalue weighted by Crippen LogP contribution is -2.52. The van der Waals surface area contributed by atoms with E-state index >= 15 is 0 Å². The third-order valence-corrected chi connectivity index (χ3v) is 9.26. The van der Waals surface area contributed by atoms with E-state index in [0.29, 0.717) is 18.2 Å². The van der Waals surface area contributed by atoms with Gasteiger partial charge in [0.05, 0.1) is 12.2 Å². The number of rotatable bonds is 5. The van der Waals surface area contributed by atoms with Crippen LogP contribution < -0.4 is 5.32 Å². The van der Waals surface area contributed by atoms with Crippen LogP contribution in [0, 0.1) is 37.5 Å². The van der Waals surface area contributed by atoms with Crippen molar-refractivity contribution in [1.82, 2.24) is 15.1 Å². The Balaban J connectivity index is 1.53. The molecule has 2 bridgehead atoms. The molecule has 3 atom stereocenters. The minimum Gasteiger partial charge on any atom is -0.347 e. The zero-order valence-electron chi connectivity index (χ0n) is 21.7. The number of aromatic nitrogens is 2. The fourth-order valence-corrected chi connectivity index (χ4v) is 6.88. The number of hydrogen-bond acceptors (Lipinski definition) is 2. The molecule has 0 radical (unpaired) electrons. The van der Waals surface area contributed by atoms with Gasteiger partial charge in [-0.05, 0) is 80.0 Å². The molecule has 2 fully saturated rings. The van der Waals surface area contributed by atoms with Gasteiger partial charge in [0.1, 0.15) is 0 Å². The van der Waals surface area contributed by atoms with Gasteiger partial charge in [0.15, 0.2) is 5.69 Å². The lowest BCUT2D eigenvalue weighted by atomic mass is 9.68. The highest BCUT2D eigenvalue weighted by atomic mass is 35.5. The van der Waals surface area contributed by atoms with Crippen molar-refractivity contribution in [1.29, 1.82) is 0 Å². The summed E-state index contributed by atoms with van der Waals surface area (Å²) in [5.41, 5.74) is 7.05. The van der Waals surface area contributed by atoms with Crippen LogP contribution in [0.2, 0.25) is 5.02 Å². The topological polar surface area (TPSA) is 46.9 Å². The molecule has 2 aliphatic rings. The zero-order valence-corrected chi connectivity index (χ0v) is 22.5. The molecular formula is C30H36ClN3O. The maximum atomic E-state index is 13.7. The van der Waals surface area contributed by atoms with E-state index in [0.717, 1.165) is 33.0 Å². The summed E-state index contributed by atoms with van der Waals surface area (Å²) in [7, 11) is 0. The highest BCUT2D eigenvalue weighted by molar-refractivity contribution is 6.31. The van der Waals surface area contributed by atoms with Crippen LogP contribution in [0.3, 0.4) is 0 Å². The molecule has 2 unspecified atom stereocenters. The number of hydrogen-bond donors (Lipinski definition) is 1. The number of aryl methyl sites for hydroxylation is 2. The monoisotopic (exact) mass is 489 g/mol. The van der Waals surface area contributed by atoms with Crippen molar-refractivity contribution >= 4 is 17.5 Å². The number of carbonyl (C=O) groups is 1. The largest absolute Gasteiger partial charge is 0.347 e. The lowest BCUT2D eigenvalue weighted by Gasteiger charge is -2.43. The summed E-state index contributed by atoms with van der Waals surface area (Å²) >= 11 is 6.33. The summed E-state index contributed by atoms with van der Waals surface area (Å²) < 4.78 is 1.98. The molecule has 5 heteroatoms. The maximum Gasteiger partial charge on any atom is 0.272 e. The predicted molar refractivity (Wildman–Crippen MR) is 143 cm³/mol. The molecule has 3 aromatic rings. The summed E-state index contributed by atoms with van der Waals surface area (Å²) in [6.45, 7) is 13.7. The zero-order chi connectivity index (χ0) is 25.1. The Morgan fingerprint density at radius 1 is 1.11 bits per heavy atom. The summed E-state index contributed by atoms with van der Waals surface area (Å²) in [6, 6.07) is 14.7. The first kappa shape index (κ1) is 24.1. The Kier molecular flexibility index (Phi) is 5.87. The van der Waals surface area contributed by atoms with E-state index in [1.165, 1.54) is 24.8 Å². The van der Waals surface area contributed by atoms with Gasteiger partial charge >= 0.3 is 0 Å². The second-order valence-corrected chi connectivity index (χ2v) is 12.2. The van der Waals surface area contributed by atoms with Crippen molar-refractivity contribution in [3.05, 3.63) is 75.4 Å². The number of nitrogens with zero attached hydrogens (tertiary/aromatic N) is 2. The van der Waals surface area contributed by atoms with Crippen LogP contribution in [-0.4, -0.2) is 21.7 Å². The van der Waals surface area contributed by atoms with Gasteiger partial charge in [-0.2, -0.15) is 5.10 Å². The summed E-state index contributed by atoms with van der Waals surface area (Å²) in [5, 5.41) is 9.09. The molecule has 1 N–H and O–H groups in total. The number of benzene rings is 2. The molecule has 2 aliphatic carbocycles. The Morgan fingerprint density at radius 3 is 2.46 bits per heavy atom. The Bertz CT molecular complexity index is 1280. The smallest absolute Gasteiger partial charge is 0.272 e. The van der Waals surface area contributed by atoms with E-state index in [9.17, 15) is 4.79 Å². The van der Waals surface area contributed by atoms with Gasteiger partial charge in [0, 0.05) is 22.2 Å². The fraction of sp³-hybridized carbons (Fsp3) is 0.467. The van der Waals surface area contributed by atoms with Gasteiger partial charge in [-0.25, -0.2) is 0 Å². The maximum absolute atomic E-state index is 13.7. The number of nitrogens with one attached hydrogen (secondary N) is 1. The van der Waals surface area contributed by atoms with Crippen LogP contribution in [0.15, 0.2) is 42.5 Å². The van der Waals surface area contributed by atoms with E-state index in [4.69, 9.17) is 16.7 Å². The molecule has 0 aliphatic heterocycles. The Morgan fingerprint density at radius 2 is 1.83 bits per heavy atom. The minimum absolute atomic E-state index is 0.0658. The molecule has 5 rings (SSSR count).